The normalized spacial score (nSPS) is 10.8. The largest absolute Gasteiger partial charge is 0.338 e. The van der Waals surface area contributed by atoms with E-state index >= 15 is 0 Å². The van der Waals surface area contributed by atoms with Gasteiger partial charge in [-0.3, -0.25) is 4.79 Å². The minimum Gasteiger partial charge on any atom is -0.338 e. The summed E-state index contributed by atoms with van der Waals surface area (Å²) >= 11 is 11.6. The fourth-order valence-electron chi connectivity index (χ4n) is 1.55. The van der Waals surface area contributed by atoms with Crippen molar-refractivity contribution in [3.05, 3.63) is 40.7 Å². The lowest BCUT2D eigenvalue weighted by Crippen LogP contribution is -2.19. The highest BCUT2D eigenvalue weighted by molar-refractivity contribution is 6.38. The highest BCUT2D eigenvalue weighted by Gasteiger charge is 2.17. The van der Waals surface area contributed by atoms with Gasteiger partial charge in [0.15, 0.2) is 10.3 Å². The van der Waals surface area contributed by atoms with Crippen LogP contribution in [-0.4, -0.2) is 26.9 Å². The summed E-state index contributed by atoms with van der Waals surface area (Å²) in [5.41, 5.74) is 0.0897. The number of hydrogen-bond donors (Lipinski definition) is 1. The molecule has 0 saturated carbocycles. The first-order valence-electron chi connectivity index (χ1n) is 5.39. The molecule has 0 aliphatic heterocycles. The Morgan fingerprint density at radius 1 is 1.35 bits per heavy atom. The number of nitrogens with one attached hydrogen (secondary N) is 1. The second-order valence-corrected chi connectivity index (χ2v) is 4.44. The Kier molecular flexibility index (Phi) is 4.51. The van der Waals surface area contributed by atoms with Crippen molar-refractivity contribution in [2.45, 2.75) is 13.0 Å². The van der Waals surface area contributed by atoms with Crippen molar-refractivity contribution < 1.29 is 13.6 Å². The molecule has 9 heteroatoms. The number of anilines is 1. The number of rotatable bonds is 4. The summed E-state index contributed by atoms with van der Waals surface area (Å²) in [6, 6.07) is 2.89. The molecule has 0 aromatic carbocycles. The van der Waals surface area contributed by atoms with Crippen LogP contribution >= 0.6 is 23.2 Å². The fraction of sp³-hybridized carbons (Fsp3) is 0.182. The van der Waals surface area contributed by atoms with E-state index in [-0.39, 0.29) is 21.7 Å². The molecule has 0 bridgehead atoms. The summed E-state index contributed by atoms with van der Waals surface area (Å²) in [5, 5.41) is 2.33. The van der Waals surface area contributed by atoms with Gasteiger partial charge >= 0.3 is 0 Å². The average Bonchev–Trinajstić information content (AvgIpc) is 2.81. The van der Waals surface area contributed by atoms with Gasteiger partial charge in [-0.1, -0.05) is 23.2 Å². The van der Waals surface area contributed by atoms with E-state index in [1.54, 1.807) is 0 Å². The van der Waals surface area contributed by atoms with Crippen LogP contribution in [0.15, 0.2) is 24.7 Å². The van der Waals surface area contributed by atoms with Crippen LogP contribution < -0.4 is 5.32 Å². The predicted molar refractivity (Wildman–Crippen MR) is 70.4 cm³/mol. The molecule has 0 spiro atoms. The van der Waals surface area contributed by atoms with Gasteiger partial charge in [0.2, 0.25) is 0 Å². The standard InChI is InChI=1S/C11H8Cl2F2N4O/c12-9-8(10(13)17-5-16-9)18-11(20)6-2-1-3-19(6)4-7(14)15/h1-3,5,7H,4H2,(H,18,20). The third kappa shape index (κ3) is 3.23. The molecule has 0 radical (unpaired) electrons. The van der Waals surface area contributed by atoms with Crippen LogP contribution in [0.3, 0.4) is 0 Å². The Morgan fingerprint density at radius 3 is 2.60 bits per heavy atom. The lowest BCUT2D eigenvalue weighted by molar-refractivity contribution is 0.0997. The summed E-state index contributed by atoms with van der Waals surface area (Å²) in [5.74, 6) is -0.630. The fourth-order valence-corrected chi connectivity index (χ4v) is 1.96. The van der Waals surface area contributed by atoms with Crippen LogP contribution in [0.2, 0.25) is 10.3 Å². The maximum absolute atomic E-state index is 12.4. The van der Waals surface area contributed by atoms with Crippen molar-refractivity contribution >= 4 is 34.8 Å². The van der Waals surface area contributed by atoms with Gasteiger partial charge in [0.1, 0.15) is 17.7 Å². The van der Waals surface area contributed by atoms with Crippen molar-refractivity contribution in [2.75, 3.05) is 5.32 Å². The molecule has 0 unspecified atom stereocenters. The third-order valence-electron chi connectivity index (χ3n) is 2.39. The van der Waals surface area contributed by atoms with Crippen LogP contribution in [0.25, 0.3) is 0 Å². The van der Waals surface area contributed by atoms with E-state index in [0.29, 0.717) is 0 Å². The summed E-state index contributed by atoms with van der Waals surface area (Å²) in [6.07, 6.45) is -0.0489. The Hall–Kier alpha value is -1.73. The average molecular weight is 321 g/mol. The molecule has 5 nitrogen and oxygen atoms in total. The van der Waals surface area contributed by atoms with Gasteiger partial charge in [-0.2, -0.15) is 0 Å². The van der Waals surface area contributed by atoms with Crippen LogP contribution in [0.1, 0.15) is 10.5 Å². The van der Waals surface area contributed by atoms with Crippen molar-refractivity contribution in [3.8, 4) is 0 Å². The molecule has 1 N–H and O–H groups in total. The second kappa shape index (κ2) is 6.15. The molecule has 20 heavy (non-hydrogen) atoms. The highest BCUT2D eigenvalue weighted by atomic mass is 35.5. The summed E-state index contributed by atoms with van der Waals surface area (Å²) in [7, 11) is 0. The first-order chi connectivity index (χ1) is 9.49. The van der Waals surface area contributed by atoms with Gasteiger partial charge in [0.25, 0.3) is 12.3 Å². The molecule has 2 aromatic rings. The molecular formula is C11H8Cl2F2N4O. The molecule has 2 aromatic heterocycles. The Balaban J connectivity index is 2.23. The van der Waals surface area contributed by atoms with Gasteiger partial charge in [0, 0.05) is 6.20 Å². The topological polar surface area (TPSA) is 59.8 Å². The molecule has 0 aliphatic rings. The highest BCUT2D eigenvalue weighted by Crippen LogP contribution is 2.26. The van der Waals surface area contributed by atoms with Crippen molar-refractivity contribution in [1.29, 1.82) is 0 Å². The maximum atomic E-state index is 12.4. The number of halogens is 4. The molecule has 2 heterocycles. The van der Waals surface area contributed by atoms with Crippen molar-refractivity contribution in [1.82, 2.24) is 14.5 Å². The van der Waals surface area contributed by atoms with E-state index in [0.717, 1.165) is 10.9 Å². The monoisotopic (exact) mass is 320 g/mol. The Bertz CT molecular complexity index is 612. The molecule has 1 amide bonds. The van der Waals surface area contributed by atoms with Crippen LogP contribution in [-0.2, 0) is 6.54 Å². The molecule has 2 rings (SSSR count). The van der Waals surface area contributed by atoms with E-state index in [1.807, 2.05) is 0 Å². The molecule has 0 fully saturated rings. The van der Waals surface area contributed by atoms with E-state index in [1.165, 1.54) is 18.3 Å². The van der Waals surface area contributed by atoms with E-state index < -0.39 is 18.9 Å². The number of hydrogen-bond acceptors (Lipinski definition) is 3. The lowest BCUT2D eigenvalue weighted by Gasteiger charge is -2.10. The number of carbonyl (C=O) groups excluding carboxylic acids is 1. The molecule has 0 saturated heterocycles. The van der Waals surface area contributed by atoms with Gasteiger partial charge in [0.05, 0.1) is 6.54 Å². The third-order valence-corrected chi connectivity index (χ3v) is 2.96. The number of alkyl halides is 2. The first-order valence-corrected chi connectivity index (χ1v) is 6.15. The Labute approximate surface area is 122 Å². The SMILES string of the molecule is O=C(Nc1c(Cl)ncnc1Cl)c1cccn1CC(F)F. The number of aromatic nitrogens is 3. The molecular weight excluding hydrogens is 313 g/mol. The summed E-state index contributed by atoms with van der Waals surface area (Å²) in [6.45, 7) is -0.581. The van der Waals surface area contributed by atoms with Crippen LogP contribution in [0.4, 0.5) is 14.5 Å². The zero-order valence-electron chi connectivity index (χ0n) is 9.86. The van der Waals surface area contributed by atoms with E-state index in [9.17, 15) is 13.6 Å². The molecule has 0 aliphatic carbocycles. The van der Waals surface area contributed by atoms with Crippen molar-refractivity contribution in [2.24, 2.45) is 0 Å². The predicted octanol–water partition coefficient (Wildman–Crippen LogP) is 3.10. The summed E-state index contributed by atoms with van der Waals surface area (Å²) < 4.78 is 25.9. The first kappa shape index (κ1) is 14.7. The minimum atomic E-state index is -2.57. The van der Waals surface area contributed by atoms with Gasteiger partial charge < -0.3 is 9.88 Å². The lowest BCUT2D eigenvalue weighted by atomic mass is 10.3. The number of carbonyl (C=O) groups is 1. The minimum absolute atomic E-state index is 0.0330. The zero-order valence-corrected chi connectivity index (χ0v) is 11.4. The van der Waals surface area contributed by atoms with Gasteiger partial charge in [-0.25, -0.2) is 18.7 Å². The van der Waals surface area contributed by atoms with Crippen LogP contribution in [0.5, 0.6) is 0 Å². The second-order valence-electron chi connectivity index (χ2n) is 3.72. The van der Waals surface area contributed by atoms with Crippen molar-refractivity contribution in [3.63, 3.8) is 0 Å². The zero-order chi connectivity index (χ0) is 14.7. The van der Waals surface area contributed by atoms with Gasteiger partial charge in [-0.05, 0) is 12.1 Å². The van der Waals surface area contributed by atoms with Crippen LogP contribution in [0, 0.1) is 0 Å². The number of amides is 1. The van der Waals surface area contributed by atoms with E-state index in [4.69, 9.17) is 23.2 Å². The maximum Gasteiger partial charge on any atom is 0.272 e. The Morgan fingerprint density at radius 2 is 2.00 bits per heavy atom. The summed E-state index contributed by atoms with van der Waals surface area (Å²) in [4.78, 5) is 19.4. The van der Waals surface area contributed by atoms with Gasteiger partial charge in [-0.15, -0.1) is 0 Å². The smallest absolute Gasteiger partial charge is 0.272 e. The molecule has 0 atom stereocenters. The quantitative estimate of drug-likeness (QED) is 0.880. The molecule has 106 valence electrons. The number of nitrogens with zero attached hydrogens (tertiary/aromatic N) is 3. The van der Waals surface area contributed by atoms with E-state index in [2.05, 4.69) is 15.3 Å².